The molecule has 3 heteroatoms. The first kappa shape index (κ1) is 8.65. The molecular formula is C12H12N2O. The lowest BCUT2D eigenvalue weighted by molar-refractivity contribution is 0.0982. The van der Waals surface area contributed by atoms with Crippen molar-refractivity contribution in [3.05, 3.63) is 29.5 Å². The molecule has 76 valence electrons. The topological polar surface area (TPSA) is 45.8 Å². The van der Waals surface area contributed by atoms with Crippen LogP contribution >= 0.6 is 0 Å². The highest BCUT2D eigenvalue weighted by Crippen LogP contribution is 2.27. The molecule has 0 unspecified atom stereocenters. The molecule has 2 aromatic rings. The number of nitrogens with zero attached hydrogens (tertiary/aromatic N) is 1. The van der Waals surface area contributed by atoms with Crippen molar-refractivity contribution < 1.29 is 4.79 Å². The fourth-order valence-electron chi connectivity index (χ4n) is 2.33. The van der Waals surface area contributed by atoms with Crippen LogP contribution < -0.4 is 0 Å². The molecule has 1 aromatic heterocycles. The summed E-state index contributed by atoms with van der Waals surface area (Å²) in [5.41, 5.74) is 3.12. The van der Waals surface area contributed by atoms with Crippen molar-refractivity contribution in [2.24, 2.45) is 0 Å². The van der Waals surface area contributed by atoms with Crippen LogP contribution in [0.15, 0.2) is 18.3 Å². The minimum atomic E-state index is 0.283. The number of carbonyl (C=O) groups excluding carboxylic acids is 1. The molecule has 0 atom stereocenters. The van der Waals surface area contributed by atoms with E-state index >= 15 is 0 Å². The molecule has 0 spiro atoms. The molecule has 1 aliphatic carbocycles. The number of hydrogen-bond acceptors (Lipinski definition) is 2. The van der Waals surface area contributed by atoms with Crippen LogP contribution in [-0.4, -0.2) is 16.0 Å². The number of hydrogen-bond donors (Lipinski definition) is 1. The van der Waals surface area contributed by atoms with Crippen LogP contribution in [0, 0.1) is 0 Å². The van der Waals surface area contributed by atoms with Gasteiger partial charge in [0.15, 0.2) is 5.78 Å². The Morgan fingerprint density at radius 3 is 3.00 bits per heavy atom. The lowest BCUT2D eigenvalue weighted by atomic mass is 9.99. The number of aromatic nitrogens is 2. The summed E-state index contributed by atoms with van der Waals surface area (Å²) < 4.78 is 0. The van der Waals surface area contributed by atoms with Crippen LogP contribution in [0.1, 0.15) is 35.2 Å². The van der Waals surface area contributed by atoms with Gasteiger partial charge in [0, 0.05) is 17.4 Å². The summed E-state index contributed by atoms with van der Waals surface area (Å²) in [6.07, 6.45) is 5.62. The van der Waals surface area contributed by atoms with Crippen LogP contribution in [0.5, 0.6) is 0 Å². The lowest BCUT2D eigenvalue weighted by Crippen LogP contribution is -1.99. The van der Waals surface area contributed by atoms with Crippen molar-refractivity contribution in [1.29, 1.82) is 0 Å². The molecule has 0 amide bonds. The Morgan fingerprint density at radius 2 is 2.07 bits per heavy atom. The van der Waals surface area contributed by atoms with E-state index in [1.165, 1.54) is 5.56 Å². The molecular weight excluding hydrogens is 188 g/mol. The van der Waals surface area contributed by atoms with Crippen molar-refractivity contribution >= 4 is 16.7 Å². The number of benzene rings is 1. The first-order valence-electron chi connectivity index (χ1n) is 5.34. The monoisotopic (exact) mass is 200 g/mol. The summed E-state index contributed by atoms with van der Waals surface area (Å²) in [6, 6.07) is 3.88. The number of aryl methyl sites for hydroxylation is 1. The standard InChI is InChI=1S/C12H12N2O/c15-12-4-2-1-3-8-9(12)5-6-11-10(8)7-13-14-11/h5-7H,1-4H2,(H,13,14). The summed E-state index contributed by atoms with van der Waals surface area (Å²) in [5, 5.41) is 8.09. The number of carbonyl (C=O) groups is 1. The predicted octanol–water partition coefficient (Wildman–Crippen LogP) is 2.47. The Hall–Kier alpha value is -1.64. The SMILES string of the molecule is O=C1CCCCc2c1ccc1[nH]ncc21. The van der Waals surface area contributed by atoms with Gasteiger partial charge in [-0.15, -0.1) is 0 Å². The number of H-pyrrole nitrogens is 1. The molecule has 0 fully saturated rings. The largest absolute Gasteiger partial charge is 0.294 e. The van der Waals surface area contributed by atoms with E-state index in [0.29, 0.717) is 6.42 Å². The molecule has 3 nitrogen and oxygen atoms in total. The van der Waals surface area contributed by atoms with Crippen LogP contribution in [0.25, 0.3) is 10.9 Å². The fourth-order valence-corrected chi connectivity index (χ4v) is 2.33. The normalized spacial score (nSPS) is 16.4. The summed E-state index contributed by atoms with van der Waals surface area (Å²) in [4.78, 5) is 11.8. The summed E-state index contributed by atoms with van der Waals surface area (Å²) in [6.45, 7) is 0. The maximum absolute atomic E-state index is 11.8. The third-order valence-corrected chi connectivity index (χ3v) is 3.12. The van der Waals surface area contributed by atoms with Crippen LogP contribution in [0.2, 0.25) is 0 Å². The Morgan fingerprint density at radius 1 is 1.20 bits per heavy atom. The van der Waals surface area contributed by atoms with Crippen LogP contribution in [0.4, 0.5) is 0 Å². The number of ketones is 1. The lowest BCUT2D eigenvalue weighted by Gasteiger charge is -2.04. The molecule has 1 aromatic carbocycles. The summed E-state index contributed by atoms with van der Waals surface area (Å²) in [5.74, 6) is 0.283. The minimum absolute atomic E-state index is 0.283. The molecule has 1 aliphatic rings. The van der Waals surface area contributed by atoms with Gasteiger partial charge in [-0.05, 0) is 37.0 Å². The average molecular weight is 200 g/mol. The second-order valence-corrected chi connectivity index (χ2v) is 4.05. The van der Waals surface area contributed by atoms with E-state index in [2.05, 4.69) is 10.2 Å². The molecule has 0 saturated carbocycles. The highest BCUT2D eigenvalue weighted by Gasteiger charge is 2.17. The van der Waals surface area contributed by atoms with Crippen molar-refractivity contribution in [3.8, 4) is 0 Å². The number of fused-ring (bicyclic) bond motifs is 3. The molecule has 1 heterocycles. The van der Waals surface area contributed by atoms with Crippen LogP contribution in [0.3, 0.4) is 0 Å². The fraction of sp³-hybridized carbons (Fsp3) is 0.333. The first-order chi connectivity index (χ1) is 7.36. The van der Waals surface area contributed by atoms with E-state index in [4.69, 9.17) is 0 Å². The molecule has 15 heavy (non-hydrogen) atoms. The Balaban J connectivity index is 2.31. The average Bonchev–Trinajstić information content (AvgIpc) is 2.64. The summed E-state index contributed by atoms with van der Waals surface area (Å²) >= 11 is 0. The molecule has 3 rings (SSSR count). The van der Waals surface area contributed by atoms with Crippen molar-refractivity contribution in [2.45, 2.75) is 25.7 Å². The Labute approximate surface area is 87.5 Å². The van der Waals surface area contributed by atoms with Gasteiger partial charge in [0.2, 0.25) is 0 Å². The van der Waals surface area contributed by atoms with Gasteiger partial charge in [-0.2, -0.15) is 5.10 Å². The quantitative estimate of drug-likeness (QED) is 0.664. The molecule has 0 aliphatic heterocycles. The third-order valence-electron chi connectivity index (χ3n) is 3.12. The maximum Gasteiger partial charge on any atom is 0.163 e. The van der Waals surface area contributed by atoms with Gasteiger partial charge in [0.05, 0.1) is 11.7 Å². The van der Waals surface area contributed by atoms with Crippen molar-refractivity contribution in [1.82, 2.24) is 10.2 Å². The van der Waals surface area contributed by atoms with E-state index < -0.39 is 0 Å². The Bertz CT molecular complexity index is 527. The zero-order valence-electron chi connectivity index (χ0n) is 8.42. The molecule has 0 radical (unpaired) electrons. The van der Waals surface area contributed by atoms with Gasteiger partial charge in [0.25, 0.3) is 0 Å². The van der Waals surface area contributed by atoms with E-state index in [0.717, 1.165) is 35.7 Å². The highest BCUT2D eigenvalue weighted by atomic mass is 16.1. The smallest absolute Gasteiger partial charge is 0.163 e. The van der Waals surface area contributed by atoms with E-state index in [-0.39, 0.29) is 5.78 Å². The van der Waals surface area contributed by atoms with E-state index in [1.54, 1.807) is 0 Å². The molecule has 0 saturated heterocycles. The van der Waals surface area contributed by atoms with Gasteiger partial charge in [-0.25, -0.2) is 0 Å². The van der Waals surface area contributed by atoms with Gasteiger partial charge >= 0.3 is 0 Å². The first-order valence-corrected chi connectivity index (χ1v) is 5.34. The number of aromatic amines is 1. The molecule has 1 N–H and O–H groups in total. The highest BCUT2D eigenvalue weighted by molar-refractivity contribution is 6.02. The van der Waals surface area contributed by atoms with Gasteiger partial charge < -0.3 is 0 Å². The van der Waals surface area contributed by atoms with E-state index in [9.17, 15) is 4.79 Å². The zero-order chi connectivity index (χ0) is 10.3. The second kappa shape index (κ2) is 3.19. The number of nitrogens with one attached hydrogen (secondary N) is 1. The van der Waals surface area contributed by atoms with E-state index in [1.807, 2.05) is 18.3 Å². The zero-order valence-corrected chi connectivity index (χ0v) is 8.42. The van der Waals surface area contributed by atoms with Gasteiger partial charge in [-0.3, -0.25) is 9.89 Å². The predicted molar refractivity (Wildman–Crippen MR) is 58.0 cm³/mol. The number of Topliss-reactive ketones (excluding diaryl/α,β-unsaturated/α-hetero) is 1. The molecule has 0 bridgehead atoms. The van der Waals surface area contributed by atoms with Crippen LogP contribution in [-0.2, 0) is 6.42 Å². The summed E-state index contributed by atoms with van der Waals surface area (Å²) in [7, 11) is 0. The Kier molecular flexibility index (Phi) is 1.84. The number of rotatable bonds is 0. The van der Waals surface area contributed by atoms with Crippen molar-refractivity contribution in [2.75, 3.05) is 0 Å². The third kappa shape index (κ3) is 1.27. The maximum atomic E-state index is 11.8. The van der Waals surface area contributed by atoms with Gasteiger partial charge in [-0.1, -0.05) is 0 Å². The minimum Gasteiger partial charge on any atom is -0.294 e. The van der Waals surface area contributed by atoms with Gasteiger partial charge in [0.1, 0.15) is 0 Å². The van der Waals surface area contributed by atoms with Crippen molar-refractivity contribution in [3.63, 3.8) is 0 Å². The second-order valence-electron chi connectivity index (χ2n) is 4.05.